The van der Waals surface area contributed by atoms with Crippen LogP contribution >= 0.6 is 0 Å². The number of hydrogen-bond acceptors (Lipinski definition) is 3. The maximum absolute atomic E-state index is 12.9. The topological polar surface area (TPSA) is 57.6 Å². The average molecular weight is 355 g/mol. The first-order valence-corrected chi connectivity index (χ1v) is 8.65. The normalized spacial score (nSPS) is 18.7. The van der Waals surface area contributed by atoms with Gasteiger partial charge in [-0.15, -0.1) is 0 Å². The Kier molecular flexibility index (Phi) is 4.30. The van der Waals surface area contributed by atoms with Gasteiger partial charge in [-0.1, -0.05) is 78.9 Å². The van der Waals surface area contributed by atoms with E-state index in [0.29, 0.717) is 11.3 Å². The first-order chi connectivity index (χ1) is 13.2. The van der Waals surface area contributed by atoms with Crippen LogP contribution in [0, 0.1) is 0 Å². The van der Waals surface area contributed by atoms with Crippen molar-refractivity contribution in [3.8, 4) is 0 Å². The Morgan fingerprint density at radius 1 is 0.741 bits per heavy atom. The summed E-state index contributed by atoms with van der Waals surface area (Å²) in [5.74, 6) is -1.50. The Morgan fingerprint density at radius 3 is 1.85 bits per heavy atom. The average Bonchev–Trinajstić information content (AvgIpc) is 3.00. The van der Waals surface area contributed by atoms with Gasteiger partial charge in [0.25, 0.3) is 11.7 Å². The first kappa shape index (κ1) is 16.8. The van der Waals surface area contributed by atoms with Gasteiger partial charge in [0.15, 0.2) is 0 Å². The zero-order chi connectivity index (χ0) is 18.8. The summed E-state index contributed by atoms with van der Waals surface area (Å²) in [4.78, 5) is 27.2. The van der Waals surface area contributed by atoms with E-state index in [1.54, 1.807) is 36.4 Å². The Hall–Kier alpha value is -3.66. The summed E-state index contributed by atoms with van der Waals surface area (Å²) in [6.45, 7) is 0. The van der Waals surface area contributed by atoms with E-state index >= 15 is 0 Å². The molecular weight excluding hydrogens is 338 g/mol. The molecule has 27 heavy (non-hydrogen) atoms. The lowest BCUT2D eigenvalue weighted by Gasteiger charge is -2.25. The number of carbonyl (C=O) groups is 2. The van der Waals surface area contributed by atoms with Crippen LogP contribution in [0.4, 0.5) is 5.69 Å². The van der Waals surface area contributed by atoms with Crippen molar-refractivity contribution in [3.05, 3.63) is 108 Å². The molecule has 0 aromatic heterocycles. The Balaban J connectivity index is 1.95. The number of carbonyl (C=O) groups excluding carboxylic acids is 2. The summed E-state index contributed by atoms with van der Waals surface area (Å²) in [5.41, 5.74) is 1.98. The molecule has 0 saturated carbocycles. The lowest BCUT2D eigenvalue weighted by atomic mass is 9.95. The number of Topliss-reactive ketones (excluding diaryl/α,β-unsaturated/α-hetero) is 1. The molecule has 0 spiro atoms. The van der Waals surface area contributed by atoms with Crippen molar-refractivity contribution in [2.45, 2.75) is 6.04 Å². The minimum Gasteiger partial charge on any atom is -0.507 e. The fourth-order valence-corrected chi connectivity index (χ4v) is 3.39. The number of ketones is 1. The van der Waals surface area contributed by atoms with Crippen LogP contribution < -0.4 is 4.90 Å². The summed E-state index contributed by atoms with van der Waals surface area (Å²) in [6.07, 6.45) is 0. The van der Waals surface area contributed by atoms with Crippen molar-refractivity contribution in [1.82, 2.24) is 0 Å². The molecule has 0 bridgehead atoms. The van der Waals surface area contributed by atoms with Gasteiger partial charge in [0.1, 0.15) is 5.76 Å². The zero-order valence-corrected chi connectivity index (χ0v) is 14.4. The van der Waals surface area contributed by atoms with Gasteiger partial charge in [-0.2, -0.15) is 0 Å². The Bertz CT molecular complexity index is 1010. The molecule has 132 valence electrons. The molecule has 1 saturated heterocycles. The fourth-order valence-electron chi connectivity index (χ4n) is 3.39. The van der Waals surface area contributed by atoms with Gasteiger partial charge < -0.3 is 5.11 Å². The van der Waals surface area contributed by atoms with Crippen LogP contribution in [0.2, 0.25) is 0 Å². The van der Waals surface area contributed by atoms with E-state index in [1.165, 1.54) is 4.90 Å². The van der Waals surface area contributed by atoms with Crippen LogP contribution in [0.1, 0.15) is 17.2 Å². The highest BCUT2D eigenvalue weighted by molar-refractivity contribution is 6.51. The standard InChI is InChI=1S/C23H17NO3/c25-21(17-12-6-2-7-13-17)19-20(16-10-4-1-5-11-16)24(23(27)22(19)26)18-14-8-3-9-15-18/h1-15,20,25H/b21-19-. The molecule has 4 heteroatoms. The van der Waals surface area contributed by atoms with Crippen molar-refractivity contribution in [3.63, 3.8) is 0 Å². The Morgan fingerprint density at radius 2 is 1.26 bits per heavy atom. The van der Waals surface area contributed by atoms with Gasteiger partial charge >= 0.3 is 0 Å². The van der Waals surface area contributed by atoms with Crippen molar-refractivity contribution in [2.75, 3.05) is 4.90 Å². The molecule has 1 aliphatic rings. The second-order valence-electron chi connectivity index (χ2n) is 6.28. The molecule has 4 rings (SSSR count). The number of nitrogens with zero attached hydrogens (tertiary/aromatic N) is 1. The molecule has 0 radical (unpaired) electrons. The lowest BCUT2D eigenvalue weighted by Crippen LogP contribution is -2.29. The SMILES string of the molecule is O=C1C(=O)N(c2ccccc2)C(c2ccccc2)/C1=C(/O)c1ccccc1. The molecule has 1 atom stereocenters. The van der Waals surface area contributed by atoms with Crippen molar-refractivity contribution in [1.29, 1.82) is 0 Å². The van der Waals surface area contributed by atoms with Gasteiger partial charge in [-0.3, -0.25) is 14.5 Å². The minimum atomic E-state index is -0.686. The number of aliphatic hydroxyl groups is 1. The number of rotatable bonds is 3. The first-order valence-electron chi connectivity index (χ1n) is 8.65. The van der Waals surface area contributed by atoms with Crippen LogP contribution in [-0.4, -0.2) is 16.8 Å². The quantitative estimate of drug-likeness (QED) is 0.433. The summed E-state index contributed by atoms with van der Waals surface area (Å²) in [5, 5.41) is 10.9. The zero-order valence-electron chi connectivity index (χ0n) is 14.4. The van der Waals surface area contributed by atoms with E-state index < -0.39 is 17.7 Å². The maximum atomic E-state index is 12.9. The fraction of sp³-hybridized carbons (Fsp3) is 0.0435. The third kappa shape index (κ3) is 2.91. The Labute approximate surface area is 157 Å². The largest absolute Gasteiger partial charge is 0.507 e. The minimum absolute atomic E-state index is 0.0984. The lowest BCUT2D eigenvalue weighted by molar-refractivity contribution is -0.132. The molecule has 1 fully saturated rings. The molecule has 1 unspecified atom stereocenters. The second-order valence-corrected chi connectivity index (χ2v) is 6.28. The number of para-hydroxylation sites is 1. The van der Waals surface area contributed by atoms with E-state index in [4.69, 9.17) is 0 Å². The second kappa shape index (κ2) is 6.92. The van der Waals surface area contributed by atoms with Gasteiger partial charge in [0.05, 0.1) is 11.6 Å². The number of anilines is 1. The molecule has 3 aromatic rings. The number of amides is 1. The van der Waals surface area contributed by atoms with Gasteiger partial charge in [-0.05, 0) is 17.7 Å². The number of hydrogen-bond donors (Lipinski definition) is 1. The molecule has 3 aromatic carbocycles. The van der Waals surface area contributed by atoms with E-state index in [0.717, 1.165) is 5.56 Å². The van der Waals surface area contributed by atoms with Crippen LogP contribution in [0.5, 0.6) is 0 Å². The van der Waals surface area contributed by atoms with Gasteiger partial charge in [0, 0.05) is 11.3 Å². The number of benzene rings is 3. The van der Waals surface area contributed by atoms with E-state index in [-0.39, 0.29) is 11.3 Å². The third-order valence-corrected chi connectivity index (χ3v) is 4.64. The number of aliphatic hydroxyl groups excluding tert-OH is 1. The van der Waals surface area contributed by atoms with Crippen LogP contribution in [0.3, 0.4) is 0 Å². The summed E-state index contributed by atoms with van der Waals surface area (Å²) < 4.78 is 0. The molecule has 1 aliphatic heterocycles. The molecule has 1 heterocycles. The van der Waals surface area contributed by atoms with E-state index in [1.807, 2.05) is 54.6 Å². The molecule has 4 nitrogen and oxygen atoms in total. The van der Waals surface area contributed by atoms with Crippen molar-refractivity contribution < 1.29 is 14.7 Å². The highest BCUT2D eigenvalue weighted by Crippen LogP contribution is 2.41. The monoisotopic (exact) mass is 355 g/mol. The van der Waals surface area contributed by atoms with Crippen molar-refractivity contribution >= 4 is 23.1 Å². The van der Waals surface area contributed by atoms with Crippen LogP contribution in [0.25, 0.3) is 5.76 Å². The predicted octanol–water partition coefficient (Wildman–Crippen LogP) is 4.31. The molecule has 0 aliphatic carbocycles. The third-order valence-electron chi connectivity index (χ3n) is 4.64. The van der Waals surface area contributed by atoms with E-state index in [9.17, 15) is 14.7 Å². The highest BCUT2D eigenvalue weighted by atomic mass is 16.3. The molecular formula is C23H17NO3. The molecule has 1 amide bonds. The van der Waals surface area contributed by atoms with Crippen molar-refractivity contribution in [2.24, 2.45) is 0 Å². The molecule has 1 N–H and O–H groups in total. The highest BCUT2D eigenvalue weighted by Gasteiger charge is 2.46. The van der Waals surface area contributed by atoms with Gasteiger partial charge in [0.2, 0.25) is 0 Å². The predicted molar refractivity (Wildman–Crippen MR) is 104 cm³/mol. The maximum Gasteiger partial charge on any atom is 0.300 e. The van der Waals surface area contributed by atoms with Crippen LogP contribution in [-0.2, 0) is 9.59 Å². The van der Waals surface area contributed by atoms with Gasteiger partial charge in [-0.25, -0.2) is 0 Å². The summed E-state index contributed by atoms with van der Waals surface area (Å²) >= 11 is 0. The van der Waals surface area contributed by atoms with E-state index in [2.05, 4.69) is 0 Å². The summed E-state index contributed by atoms with van der Waals surface area (Å²) in [7, 11) is 0. The smallest absolute Gasteiger partial charge is 0.300 e. The summed E-state index contributed by atoms with van der Waals surface area (Å²) in [6, 6.07) is 26.4. The van der Waals surface area contributed by atoms with Crippen LogP contribution in [0.15, 0.2) is 96.6 Å².